The fourth-order valence-electron chi connectivity index (χ4n) is 3.59. The van der Waals surface area contributed by atoms with Crippen LogP contribution >= 0.6 is 0 Å². The van der Waals surface area contributed by atoms with Gasteiger partial charge < -0.3 is 10.6 Å². The second-order valence-electron chi connectivity index (χ2n) is 6.94. The van der Waals surface area contributed by atoms with Crippen molar-refractivity contribution in [3.63, 3.8) is 0 Å². The third kappa shape index (κ3) is 4.11. The molecule has 2 fully saturated rings. The molecule has 10 heteroatoms. The first kappa shape index (κ1) is 19.3. The van der Waals surface area contributed by atoms with Gasteiger partial charge in [-0.2, -0.15) is 0 Å². The molecule has 0 aromatic heterocycles. The van der Waals surface area contributed by atoms with Crippen LogP contribution in [0.15, 0.2) is 29.2 Å². The summed E-state index contributed by atoms with van der Waals surface area (Å²) in [6.07, 6.45) is 4.90. The Morgan fingerprint density at radius 3 is 2.48 bits per heavy atom. The van der Waals surface area contributed by atoms with E-state index < -0.39 is 34.0 Å². The largest absolute Gasteiger partial charge is 0.325 e. The number of sulfonamides is 1. The predicted octanol–water partition coefficient (Wildman–Crippen LogP) is 0.917. The van der Waals surface area contributed by atoms with E-state index in [9.17, 15) is 22.8 Å². The molecule has 9 nitrogen and oxygen atoms in total. The topological polar surface area (TPSA) is 139 Å². The molecule has 4 N–H and O–H groups in total. The number of carbonyl (C=O) groups is 3. The summed E-state index contributed by atoms with van der Waals surface area (Å²) in [6, 6.07) is 4.87. The number of hydrogen-bond acceptors (Lipinski definition) is 5. The third-order valence-electron chi connectivity index (χ3n) is 4.95. The molecule has 3 rings (SSSR count). The molecule has 0 bridgehead atoms. The van der Waals surface area contributed by atoms with Crippen LogP contribution in [0.1, 0.15) is 38.5 Å². The first-order valence-corrected chi connectivity index (χ1v) is 10.3. The molecule has 1 aromatic carbocycles. The van der Waals surface area contributed by atoms with Gasteiger partial charge in [-0.25, -0.2) is 18.4 Å². The zero-order chi connectivity index (χ0) is 19.7. The average Bonchev–Trinajstić information content (AvgIpc) is 2.77. The van der Waals surface area contributed by atoms with E-state index >= 15 is 0 Å². The monoisotopic (exact) mass is 394 g/mol. The van der Waals surface area contributed by atoms with E-state index in [1.54, 1.807) is 0 Å². The maximum atomic E-state index is 12.8. The molecule has 1 heterocycles. The van der Waals surface area contributed by atoms with Crippen LogP contribution < -0.4 is 15.8 Å². The molecule has 1 aliphatic heterocycles. The first-order valence-electron chi connectivity index (χ1n) is 8.78. The van der Waals surface area contributed by atoms with Gasteiger partial charge in [0.15, 0.2) is 0 Å². The number of nitrogens with one attached hydrogen (secondary N) is 2. The van der Waals surface area contributed by atoms with Crippen molar-refractivity contribution in [2.45, 2.75) is 49.0 Å². The Kier molecular flexibility index (Phi) is 5.20. The highest BCUT2D eigenvalue weighted by atomic mass is 32.2. The average molecular weight is 394 g/mol. The Morgan fingerprint density at radius 1 is 1.19 bits per heavy atom. The van der Waals surface area contributed by atoms with Crippen molar-refractivity contribution in [2.75, 3.05) is 11.9 Å². The Morgan fingerprint density at radius 2 is 1.85 bits per heavy atom. The van der Waals surface area contributed by atoms with Crippen LogP contribution in [0.4, 0.5) is 10.5 Å². The molecule has 0 atom stereocenters. The summed E-state index contributed by atoms with van der Waals surface area (Å²) in [5, 5.41) is 10.3. The summed E-state index contributed by atoms with van der Waals surface area (Å²) < 4.78 is 22.8. The lowest BCUT2D eigenvalue weighted by Crippen LogP contribution is -2.47. The highest BCUT2D eigenvalue weighted by Crippen LogP contribution is 2.32. The Labute approximate surface area is 157 Å². The fourth-order valence-corrected chi connectivity index (χ4v) is 4.15. The summed E-state index contributed by atoms with van der Waals surface area (Å²) >= 11 is 0. The quantitative estimate of drug-likeness (QED) is 0.652. The number of primary sulfonamides is 1. The van der Waals surface area contributed by atoms with Crippen LogP contribution in [0.25, 0.3) is 0 Å². The number of hydrogen-bond donors (Lipinski definition) is 3. The van der Waals surface area contributed by atoms with Crippen molar-refractivity contribution in [3.8, 4) is 0 Å². The zero-order valence-corrected chi connectivity index (χ0v) is 15.5. The molecule has 27 heavy (non-hydrogen) atoms. The molecule has 0 radical (unpaired) electrons. The van der Waals surface area contributed by atoms with E-state index in [4.69, 9.17) is 5.14 Å². The normalized spacial score (nSPS) is 19.7. The zero-order valence-electron chi connectivity index (χ0n) is 14.7. The van der Waals surface area contributed by atoms with E-state index in [1.807, 2.05) is 0 Å². The predicted molar refractivity (Wildman–Crippen MR) is 97.1 cm³/mol. The van der Waals surface area contributed by atoms with Crippen LogP contribution in [0.2, 0.25) is 0 Å². The van der Waals surface area contributed by atoms with Crippen molar-refractivity contribution < 1.29 is 22.8 Å². The van der Waals surface area contributed by atoms with Crippen LogP contribution in [-0.2, 0) is 19.6 Å². The number of carbonyl (C=O) groups excluding carboxylic acids is 3. The van der Waals surface area contributed by atoms with Crippen molar-refractivity contribution in [1.82, 2.24) is 10.2 Å². The number of urea groups is 1. The van der Waals surface area contributed by atoms with E-state index in [0.717, 1.165) is 30.6 Å². The van der Waals surface area contributed by atoms with Crippen molar-refractivity contribution in [2.24, 2.45) is 5.14 Å². The molecular weight excluding hydrogens is 372 g/mol. The molecule has 1 spiro atoms. The number of nitrogens with zero attached hydrogens (tertiary/aromatic N) is 1. The van der Waals surface area contributed by atoms with Crippen LogP contribution in [0.5, 0.6) is 0 Å². The number of benzene rings is 1. The van der Waals surface area contributed by atoms with Crippen molar-refractivity contribution >= 4 is 33.6 Å². The van der Waals surface area contributed by atoms with E-state index in [1.165, 1.54) is 24.3 Å². The Bertz CT molecular complexity index is 875. The van der Waals surface area contributed by atoms with Gasteiger partial charge in [-0.1, -0.05) is 31.7 Å². The molecule has 146 valence electrons. The molecule has 1 saturated carbocycles. The maximum Gasteiger partial charge on any atom is 0.325 e. The smallest absolute Gasteiger partial charge is 0.324 e. The second-order valence-corrected chi connectivity index (χ2v) is 8.50. The molecule has 2 aliphatic rings. The van der Waals surface area contributed by atoms with E-state index in [-0.39, 0.29) is 16.5 Å². The number of anilines is 1. The summed E-state index contributed by atoms with van der Waals surface area (Å²) in [5.41, 5.74) is -0.690. The van der Waals surface area contributed by atoms with Crippen LogP contribution in [0, 0.1) is 0 Å². The second kappa shape index (κ2) is 7.28. The van der Waals surface area contributed by atoms with Gasteiger partial charge in [-0.3, -0.25) is 14.5 Å². The number of rotatable bonds is 4. The molecule has 4 amide bonds. The van der Waals surface area contributed by atoms with E-state index in [0.29, 0.717) is 12.8 Å². The number of amides is 4. The highest BCUT2D eigenvalue weighted by Gasteiger charge is 2.51. The summed E-state index contributed by atoms with van der Waals surface area (Å²) in [5.74, 6) is -0.974. The van der Waals surface area contributed by atoms with Crippen LogP contribution in [-0.4, -0.2) is 43.2 Å². The van der Waals surface area contributed by atoms with Crippen molar-refractivity contribution in [1.29, 1.82) is 0 Å². The highest BCUT2D eigenvalue weighted by molar-refractivity contribution is 7.89. The summed E-state index contributed by atoms with van der Waals surface area (Å²) in [4.78, 5) is 38.1. The molecule has 1 aromatic rings. The minimum atomic E-state index is -3.90. The Hall–Kier alpha value is -2.46. The lowest BCUT2D eigenvalue weighted by Gasteiger charge is -2.24. The minimum Gasteiger partial charge on any atom is -0.324 e. The molecule has 1 saturated heterocycles. The Balaban J connectivity index is 1.69. The van der Waals surface area contributed by atoms with Gasteiger partial charge in [0, 0.05) is 5.69 Å². The molecule has 1 aliphatic carbocycles. The van der Waals surface area contributed by atoms with Gasteiger partial charge in [-0.15, -0.1) is 0 Å². The first-order chi connectivity index (χ1) is 12.7. The van der Waals surface area contributed by atoms with Gasteiger partial charge in [0.25, 0.3) is 5.91 Å². The molecular formula is C17H22N4O5S. The third-order valence-corrected chi connectivity index (χ3v) is 5.86. The maximum absolute atomic E-state index is 12.8. The van der Waals surface area contributed by atoms with E-state index in [2.05, 4.69) is 10.6 Å². The van der Waals surface area contributed by atoms with Gasteiger partial charge >= 0.3 is 6.03 Å². The minimum absolute atomic E-state index is 0.146. The van der Waals surface area contributed by atoms with Crippen LogP contribution in [0.3, 0.4) is 0 Å². The summed E-state index contributed by atoms with van der Waals surface area (Å²) in [7, 11) is -3.90. The van der Waals surface area contributed by atoms with Crippen molar-refractivity contribution in [3.05, 3.63) is 24.3 Å². The molecule has 0 unspecified atom stereocenters. The van der Waals surface area contributed by atoms with Gasteiger partial charge in [0.2, 0.25) is 15.9 Å². The number of nitrogens with two attached hydrogens (primary N) is 1. The lowest BCUT2D eigenvalue weighted by molar-refractivity contribution is -0.134. The van der Waals surface area contributed by atoms with Gasteiger partial charge in [0.05, 0.1) is 4.90 Å². The van der Waals surface area contributed by atoms with Gasteiger partial charge in [0.1, 0.15) is 12.1 Å². The fraction of sp³-hybridized carbons (Fsp3) is 0.471. The SMILES string of the molecule is NS(=O)(=O)c1cccc(NC(=O)CN2C(=O)NC3(CCCCCC3)C2=O)c1. The van der Waals surface area contributed by atoms with Gasteiger partial charge in [-0.05, 0) is 31.0 Å². The lowest BCUT2D eigenvalue weighted by atomic mass is 9.90. The summed E-state index contributed by atoms with van der Waals surface area (Å²) in [6.45, 7) is -0.438. The standard InChI is InChI=1S/C17H22N4O5S/c18-27(25,26)13-7-5-6-12(10-13)19-14(22)11-21-15(23)17(20-16(21)24)8-3-1-2-4-9-17/h5-7,10H,1-4,8-9,11H2,(H,19,22)(H,20,24)(H2,18,25,26). The number of imide groups is 1.